The molecule has 0 bridgehead atoms. The summed E-state index contributed by atoms with van der Waals surface area (Å²) in [5.41, 5.74) is 8.02. The van der Waals surface area contributed by atoms with Gasteiger partial charge in [-0.15, -0.1) is 0 Å². The van der Waals surface area contributed by atoms with E-state index in [2.05, 4.69) is 10.4 Å². The summed E-state index contributed by atoms with van der Waals surface area (Å²) in [5.74, 6) is -1.63. The third kappa shape index (κ3) is 11.1. The van der Waals surface area contributed by atoms with Crippen LogP contribution in [0.1, 0.15) is 53.0 Å². The second kappa shape index (κ2) is 15.1. The van der Waals surface area contributed by atoms with E-state index in [1.54, 1.807) is 31.8 Å². The van der Waals surface area contributed by atoms with Crippen molar-refractivity contribution in [2.45, 2.75) is 65.8 Å². The molecular formula is C26H39F4N5O2. The Morgan fingerprint density at radius 3 is 2.62 bits per heavy atom. The number of aromatic nitrogens is 2. The van der Waals surface area contributed by atoms with E-state index in [-0.39, 0.29) is 25.1 Å². The molecule has 1 aliphatic heterocycles. The summed E-state index contributed by atoms with van der Waals surface area (Å²) in [7, 11) is 1.80. The molecule has 0 aromatic carbocycles. The summed E-state index contributed by atoms with van der Waals surface area (Å²) in [6, 6.07) is -1.02. The Balaban J connectivity index is 0.00000334. The summed E-state index contributed by atoms with van der Waals surface area (Å²) in [6.07, 6.45) is 5.51. The zero-order chi connectivity index (χ0) is 28.2. The fourth-order valence-corrected chi connectivity index (χ4v) is 3.30. The Bertz CT molecular complexity index is 982. The van der Waals surface area contributed by atoms with Gasteiger partial charge in [-0.25, -0.2) is 4.39 Å². The monoisotopic (exact) mass is 529 g/mol. The Morgan fingerprint density at radius 2 is 2.03 bits per heavy atom. The minimum absolute atomic E-state index is 0.120. The van der Waals surface area contributed by atoms with Crippen molar-refractivity contribution in [2.75, 3.05) is 13.1 Å². The van der Waals surface area contributed by atoms with Crippen LogP contribution in [0.4, 0.5) is 17.6 Å². The molecule has 0 aliphatic carbocycles. The van der Waals surface area contributed by atoms with Crippen LogP contribution in [-0.4, -0.2) is 52.0 Å². The van der Waals surface area contributed by atoms with Crippen LogP contribution in [0.25, 0.3) is 5.57 Å². The van der Waals surface area contributed by atoms with E-state index < -0.39 is 42.5 Å². The molecule has 11 heteroatoms. The van der Waals surface area contributed by atoms with Crippen molar-refractivity contribution >= 4 is 11.5 Å². The molecule has 0 saturated heterocycles. The molecule has 2 rings (SSSR count). The van der Waals surface area contributed by atoms with E-state index in [0.717, 1.165) is 11.1 Å². The molecule has 0 radical (unpaired) electrons. The maximum atomic E-state index is 14.2. The quantitative estimate of drug-likeness (QED) is 0.375. The first-order valence-electron chi connectivity index (χ1n) is 12.3. The van der Waals surface area contributed by atoms with Gasteiger partial charge >= 0.3 is 6.18 Å². The van der Waals surface area contributed by atoms with Gasteiger partial charge in [0.05, 0.1) is 18.2 Å². The van der Waals surface area contributed by atoms with Gasteiger partial charge in [0, 0.05) is 37.5 Å². The van der Waals surface area contributed by atoms with E-state index in [1.807, 2.05) is 27.0 Å². The molecule has 0 saturated carbocycles. The van der Waals surface area contributed by atoms with Crippen molar-refractivity contribution in [1.82, 2.24) is 20.0 Å². The van der Waals surface area contributed by atoms with Crippen molar-refractivity contribution in [3.8, 4) is 0 Å². The number of ether oxygens (including phenoxy) is 1. The number of nitrogens with one attached hydrogen (secondary N) is 1. The lowest BCUT2D eigenvalue weighted by molar-refractivity contribution is -0.161. The summed E-state index contributed by atoms with van der Waals surface area (Å²) in [6.45, 7) is 7.49. The topological polar surface area (TPSA) is 85.4 Å². The highest BCUT2D eigenvalue weighted by Crippen LogP contribution is 2.22. The average molecular weight is 530 g/mol. The number of allylic oxidation sites excluding steroid dienone is 4. The smallest absolute Gasteiger partial charge is 0.406 e. The SMILES string of the molecule is C/C(=C\OC(C)/C(N)=C/NC1CCC(C)/C(F)=C\C=C/CN(CC(F)(F)F)C1=O)c1cnn(C)c1.CC. The average Bonchev–Trinajstić information content (AvgIpc) is 3.29. The van der Waals surface area contributed by atoms with Gasteiger partial charge < -0.3 is 20.7 Å². The molecule has 0 fully saturated rings. The number of halogens is 4. The van der Waals surface area contributed by atoms with Crippen LogP contribution in [0.2, 0.25) is 0 Å². The van der Waals surface area contributed by atoms with Gasteiger partial charge in [0.25, 0.3) is 0 Å². The maximum Gasteiger partial charge on any atom is 0.406 e. The third-order valence-corrected chi connectivity index (χ3v) is 5.59. The van der Waals surface area contributed by atoms with Gasteiger partial charge in [-0.05, 0) is 38.3 Å². The predicted octanol–water partition coefficient (Wildman–Crippen LogP) is 5.20. The van der Waals surface area contributed by atoms with Crippen molar-refractivity contribution in [3.05, 3.63) is 60.2 Å². The molecule has 208 valence electrons. The highest BCUT2D eigenvalue weighted by molar-refractivity contribution is 5.82. The molecule has 1 aromatic rings. The number of aryl methyl sites for hydroxylation is 1. The van der Waals surface area contributed by atoms with Gasteiger partial charge in [-0.1, -0.05) is 32.9 Å². The van der Waals surface area contributed by atoms with Gasteiger partial charge in [0.15, 0.2) is 0 Å². The lowest BCUT2D eigenvalue weighted by Gasteiger charge is -2.28. The Hall–Kier alpha value is -3.24. The van der Waals surface area contributed by atoms with Crippen molar-refractivity contribution < 1.29 is 27.1 Å². The molecule has 37 heavy (non-hydrogen) atoms. The Morgan fingerprint density at radius 1 is 1.35 bits per heavy atom. The number of carbonyl (C=O) groups excluding carboxylic acids is 1. The third-order valence-electron chi connectivity index (χ3n) is 5.59. The van der Waals surface area contributed by atoms with E-state index in [4.69, 9.17) is 10.5 Å². The normalized spacial score (nSPS) is 23.1. The molecular weight excluding hydrogens is 490 g/mol. The second-order valence-corrected chi connectivity index (χ2v) is 8.64. The summed E-state index contributed by atoms with van der Waals surface area (Å²) in [5, 5.41) is 6.93. The minimum Gasteiger partial charge on any atom is -0.492 e. The summed E-state index contributed by atoms with van der Waals surface area (Å²) in [4.78, 5) is 13.7. The number of alkyl halides is 3. The molecule has 1 aliphatic rings. The lowest BCUT2D eigenvalue weighted by Crippen LogP contribution is -2.48. The molecule has 7 nitrogen and oxygen atoms in total. The molecule has 3 unspecified atom stereocenters. The number of nitrogens with zero attached hydrogens (tertiary/aromatic N) is 3. The zero-order valence-corrected chi connectivity index (χ0v) is 22.3. The van der Waals surface area contributed by atoms with Gasteiger partial charge in [-0.2, -0.15) is 18.3 Å². The van der Waals surface area contributed by atoms with Crippen LogP contribution in [-0.2, 0) is 16.6 Å². The van der Waals surface area contributed by atoms with Crippen molar-refractivity contribution in [1.29, 1.82) is 0 Å². The fourth-order valence-electron chi connectivity index (χ4n) is 3.30. The van der Waals surface area contributed by atoms with Crippen LogP contribution in [0.15, 0.2) is 54.6 Å². The van der Waals surface area contributed by atoms with E-state index >= 15 is 0 Å². The van der Waals surface area contributed by atoms with Gasteiger partial charge in [-0.3, -0.25) is 9.48 Å². The number of hydrogen-bond acceptors (Lipinski definition) is 5. The largest absolute Gasteiger partial charge is 0.492 e. The fraction of sp³-hybridized carbons (Fsp3) is 0.538. The molecule has 1 amide bonds. The van der Waals surface area contributed by atoms with E-state index in [9.17, 15) is 22.4 Å². The van der Waals surface area contributed by atoms with Crippen LogP contribution in [0.3, 0.4) is 0 Å². The first-order valence-corrected chi connectivity index (χ1v) is 12.3. The summed E-state index contributed by atoms with van der Waals surface area (Å²) >= 11 is 0. The lowest BCUT2D eigenvalue weighted by atomic mass is 9.99. The van der Waals surface area contributed by atoms with Gasteiger partial charge in [0.1, 0.15) is 24.5 Å². The number of amides is 1. The number of rotatable bonds is 7. The molecule has 0 spiro atoms. The number of nitrogens with two attached hydrogens (primary N) is 1. The minimum atomic E-state index is -4.57. The highest BCUT2D eigenvalue weighted by Gasteiger charge is 2.35. The Kier molecular flexibility index (Phi) is 13.0. The van der Waals surface area contributed by atoms with Crippen LogP contribution in [0.5, 0.6) is 0 Å². The maximum absolute atomic E-state index is 14.2. The van der Waals surface area contributed by atoms with Crippen LogP contribution < -0.4 is 11.1 Å². The van der Waals surface area contributed by atoms with E-state index in [1.165, 1.54) is 30.7 Å². The second-order valence-electron chi connectivity index (χ2n) is 8.64. The predicted molar refractivity (Wildman–Crippen MR) is 137 cm³/mol. The zero-order valence-electron chi connectivity index (χ0n) is 22.3. The van der Waals surface area contributed by atoms with Crippen LogP contribution in [0, 0.1) is 5.92 Å². The number of carbonyl (C=O) groups is 1. The van der Waals surface area contributed by atoms with Gasteiger partial charge in [0.2, 0.25) is 5.91 Å². The van der Waals surface area contributed by atoms with Crippen molar-refractivity contribution in [3.63, 3.8) is 0 Å². The molecule has 1 aromatic heterocycles. The highest BCUT2D eigenvalue weighted by atomic mass is 19.4. The first-order chi connectivity index (χ1) is 17.4. The standard InChI is InChI=1S/C24H33F4N5O2.C2H6/c1-16-8-9-22(23(34)33(15-24(26,27)28)10-6-5-7-20(16)25)30-12-21(29)18(3)35-14-17(2)19-11-31-32(4)13-19;1-2/h5-7,11-14,16,18,22,30H,8-10,15,29H2,1-4H3;1-2H3/b6-5-,17-14+,20-7+,21-12-;. The molecule has 3 N–H and O–H groups in total. The molecule has 2 heterocycles. The molecule has 3 atom stereocenters. The summed E-state index contributed by atoms with van der Waals surface area (Å²) < 4.78 is 60.8. The van der Waals surface area contributed by atoms with Crippen molar-refractivity contribution in [2.24, 2.45) is 18.7 Å². The first kappa shape index (κ1) is 31.8. The number of hydrogen-bond donors (Lipinski definition) is 2. The van der Waals surface area contributed by atoms with E-state index in [0.29, 0.717) is 4.90 Å². The van der Waals surface area contributed by atoms with Crippen LogP contribution >= 0.6 is 0 Å². The Labute approximate surface area is 216 Å².